The van der Waals surface area contributed by atoms with Gasteiger partial charge in [0.2, 0.25) is 0 Å². The Morgan fingerprint density at radius 2 is 2.00 bits per heavy atom. The Hall–Kier alpha value is -1.70. The predicted molar refractivity (Wildman–Crippen MR) is 50.9 cm³/mol. The van der Waals surface area contributed by atoms with Crippen molar-refractivity contribution in [3.8, 4) is 11.8 Å². The molecule has 0 spiro atoms. The molecule has 0 atom stereocenters. The molecule has 1 aromatic rings. The van der Waals surface area contributed by atoms with Gasteiger partial charge in [-0.15, -0.1) is 0 Å². The number of hydrogen-bond donors (Lipinski definition) is 1. The SMILES string of the molecule is CC#Cc1nc(N)cc(C)c1C(F)(F)F. The second kappa shape index (κ2) is 3.81. The number of nitrogens with two attached hydrogens (primary N) is 1. The van der Waals surface area contributed by atoms with Crippen LogP contribution in [0.2, 0.25) is 0 Å². The van der Waals surface area contributed by atoms with E-state index in [0.717, 1.165) is 0 Å². The fourth-order valence-electron chi connectivity index (χ4n) is 1.26. The highest BCUT2D eigenvalue weighted by Gasteiger charge is 2.35. The van der Waals surface area contributed by atoms with Crippen LogP contribution in [-0.2, 0) is 6.18 Å². The Kier molecular flexibility index (Phi) is 2.89. The van der Waals surface area contributed by atoms with Gasteiger partial charge in [0.15, 0.2) is 0 Å². The number of halogens is 3. The molecular formula is C10H9F3N2. The van der Waals surface area contributed by atoms with Gasteiger partial charge in [-0.1, -0.05) is 5.92 Å². The first-order valence-electron chi connectivity index (χ1n) is 4.13. The number of pyridine rings is 1. The van der Waals surface area contributed by atoms with Crippen LogP contribution in [0.5, 0.6) is 0 Å². The molecule has 1 heterocycles. The van der Waals surface area contributed by atoms with Crippen molar-refractivity contribution in [2.45, 2.75) is 20.0 Å². The lowest BCUT2D eigenvalue weighted by molar-refractivity contribution is -0.138. The number of rotatable bonds is 0. The maximum absolute atomic E-state index is 12.6. The molecule has 0 unspecified atom stereocenters. The summed E-state index contributed by atoms with van der Waals surface area (Å²) in [5, 5.41) is 0. The molecule has 0 saturated heterocycles. The molecule has 2 N–H and O–H groups in total. The van der Waals surface area contributed by atoms with Gasteiger partial charge in [-0.2, -0.15) is 13.2 Å². The number of nitrogen functional groups attached to an aromatic ring is 1. The lowest BCUT2D eigenvalue weighted by atomic mass is 10.1. The average molecular weight is 214 g/mol. The predicted octanol–water partition coefficient (Wildman–Crippen LogP) is 2.36. The Balaban J connectivity index is 3.52. The average Bonchev–Trinajstić information content (AvgIpc) is 1.99. The van der Waals surface area contributed by atoms with Crippen molar-refractivity contribution in [3.05, 3.63) is 22.9 Å². The molecule has 0 aromatic carbocycles. The van der Waals surface area contributed by atoms with Crippen LogP contribution in [0.4, 0.5) is 19.0 Å². The Bertz CT molecular complexity index is 438. The molecule has 0 amide bonds. The molecule has 5 heteroatoms. The Labute approximate surface area is 85.3 Å². The van der Waals surface area contributed by atoms with E-state index in [2.05, 4.69) is 16.8 Å². The highest BCUT2D eigenvalue weighted by molar-refractivity contribution is 5.48. The van der Waals surface area contributed by atoms with Crippen LogP contribution in [0.15, 0.2) is 6.07 Å². The van der Waals surface area contributed by atoms with Crippen LogP contribution >= 0.6 is 0 Å². The lowest BCUT2D eigenvalue weighted by Crippen LogP contribution is -2.12. The molecule has 0 aliphatic heterocycles. The number of aryl methyl sites for hydroxylation is 1. The highest BCUT2D eigenvalue weighted by Crippen LogP contribution is 2.34. The van der Waals surface area contributed by atoms with Gasteiger partial charge in [0.05, 0.1) is 5.56 Å². The van der Waals surface area contributed by atoms with Crippen molar-refractivity contribution in [1.29, 1.82) is 0 Å². The minimum Gasteiger partial charge on any atom is -0.384 e. The Morgan fingerprint density at radius 1 is 1.40 bits per heavy atom. The van der Waals surface area contributed by atoms with E-state index in [1.165, 1.54) is 19.9 Å². The maximum Gasteiger partial charge on any atom is 0.419 e. The maximum atomic E-state index is 12.6. The zero-order valence-electron chi connectivity index (χ0n) is 8.24. The molecule has 0 radical (unpaired) electrons. The molecule has 2 nitrogen and oxygen atoms in total. The van der Waals surface area contributed by atoms with Crippen LogP contribution in [0.3, 0.4) is 0 Å². The van der Waals surface area contributed by atoms with E-state index in [1.807, 2.05) is 0 Å². The Morgan fingerprint density at radius 3 is 2.47 bits per heavy atom. The summed E-state index contributed by atoms with van der Waals surface area (Å²) >= 11 is 0. The second-order valence-electron chi connectivity index (χ2n) is 2.96. The fourth-order valence-corrected chi connectivity index (χ4v) is 1.26. The fraction of sp³-hybridized carbons (Fsp3) is 0.300. The molecule has 0 saturated carbocycles. The summed E-state index contributed by atoms with van der Waals surface area (Å²) in [4.78, 5) is 3.57. The van der Waals surface area contributed by atoms with Crippen LogP contribution in [0.25, 0.3) is 0 Å². The van der Waals surface area contributed by atoms with Crippen molar-refractivity contribution >= 4 is 5.82 Å². The van der Waals surface area contributed by atoms with E-state index in [4.69, 9.17) is 5.73 Å². The molecule has 0 aliphatic carbocycles. The topological polar surface area (TPSA) is 38.9 Å². The third-order valence-corrected chi connectivity index (χ3v) is 1.76. The molecule has 0 fully saturated rings. The highest BCUT2D eigenvalue weighted by atomic mass is 19.4. The van der Waals surface area contributed by atoms with Crippen molar-refractivity contribution in [2.75, 3.05) is 5.73 Å². The molecule has 80 valence electrons. The van der Waals surface area contributed by atoms with E-state index in [0.29, 0.717) is 0 Å². The first kappa shape index (κ1) is 11.4. The van der Waals surface area contributed by atoms with E-state index in [1.54, 1.807) is 0 Å². The largest absolute Gasteiger partial charge is 0.419 e. The zero-order chi connectivity index (χ0) is 11.6. The molecule has 0 bridgehead atoms. The quantitative estimate of drug-likeness (QED) is 0.673. The van der Waals surface area contributed by atoms with Gasteiger partial charge in [0, 0.05) is 0 Å². The van der Waals surface area contributed by atoms with Gasteiger partial charge in [-0.05, 0) is 31.4 Å². The van der Waals surface area contributed by atoms with Crippen molar-refractivity contribution in [3.63, 3.8) is 0 Å². The summed E-state index contributed by atoms with van der Waals surface area (Å²) in [7, 11) is 0. The third-order valence-electron chi connectivity index (χ3n) is 1.76. The normalized spacial score (nSPS) is 10.7. The van der Waals surface area contributed by atoms with Gasteiger partial charge >= 0.3 is 6.18 Å². The van der Waals surface area contributed by atoms with Gasteiger partial charge in [0.25, 0.3) is 0 Å². The summed E-state index contributed by atoms with van der Waals surface area (Å²) in [6.45, 7) is 2.78. The first-order chi connectivity index (χ1) is 6.86. The van der Waals surface area contributed by atoms with Gasteiger partial charge in [-0.25, -0.2) is 4.98 Å². The zero-order valence-corrected chi connectivity index (χ0v) is 8.24. The number of aromatic nitrogens is 1. The van der Waals surface area contributed by atoms with Gasteiger partial charge < -0.3 is 5.73 Å². The minimum atomic E-state index is -4.45. The van der Waals surface area contributed by atoms with Gasteiger partial charge in [-0.3, -0.25) is 0 Å². The number of hydrogen-bond acceptors (Lipinski definition) is 2. The molecule has 1 aromatic heterocycles. The van der Waals surface area contributed by atoms with E-state index >= 15 is 0 Å². The molecule has 0 aliphatic rings. The second-order valence-corrected chi connectivity index (χ2v) is 2.96. The van der Waals surface area contributed by atoms with Crippen molar-refractivity contribution in [1.82, 2.24) is 4.98 Å². The lowest BCUT2D eigenvalue weighted by Gasteiger charge is -2.12. The number of alkyl halides is 3. The monoisotopic (exact) mass is 214 g/mol. The van der Waals surface area contributed by atoms with E-state index in [-0.39, 0.29) is 17.1 Å². The standard InChI is InChI=1S/C10H9F3N2/c1-3-4-7-9(10(11,12)13)6(2)5-8(14)15-7/h5H,1-2H3,(H2,14,15). The number of nitrogens with zero attached hydrogens (tertiary/aromatic N) is 1. The summed E-state index contributed by atoms with van der Waals surface area (Å²) in [5.74, 6) is 4.73. The molecular weight excluding hydrogens is 205 g/mol. The van der Waals surface area contributed by atoms with Crippen LogP contribution in [0, 0.1) is 18.8 Å². The van der Waals surface area contributed by atoms with E-state index < -0.39 is 11.7 Å². The molecule has 1 rings (SSSR count). The van der Waals surface area contributed by atoms with Crippen molar-refractivity contribution in [2.24, 2.45) is 0 Å². The summed E-state index contributed by atoms with van der Waals surface area (Å²) < 4.78 is 37.8. The summed E-state index contributed by atoms with van der Waals surface area (Å²) in [6.07, 6.45) is -4.45. The van der Waals surface area contributed by atoms with Crippen LogP contribution in [0.1, 0.15) is 23.7 Å². The number of anilines is 1. The summed E-state index contributed by atoms with van der Waals surface area (Å²) in [5.41, 5.74) is 4.26. The smallest absolute Gasteiger partial charge is 0.384 e. The van der Waals surface area contributed by atoms with Crippen LogP contribution in [-0.4, -0.2) is 4.98 Å². The van der Waals surface area contributed by atoms with Crippen molar-refractivity contribution < 1.29 is 13.2 Å². The first-order valence-corrected chi connectivity index (χ1v) is 4.13. The third kappa shape index (κ3) is 2.40. The summed E-state index contributed by atoms with van der Waals surface area (Å²) in [6, 6.07) is 1.18. The van der Waals surface area contributed by atoms with Gasteiger partial charge in [0.1, 0.15) is 11.5 Å². The van der Waals surface area contributed by atoms with E-state index in [9.17, 15) is 13.2 Å². The van der Waals surface area contributed by atoms with Crippen LogP contribution < -0.4 is 5.73 Å². The minimum absolute atomic E-state index is 0.0350. The molecule has 15 heavy (non-hydrogen) atoms.